The predicted molar refractivity (Wildman–Crippen MR) is 123 cm³/mol. The third-order valence-electron chi connectivity index (χ3n) is 5.54. The second-order valence-electron chi connectivity index (χ2n) is 10.8. The SMILES string of the molecule is CC(C)(C)[PH]([Pd][C]1(N)CC=CC=C1c1ccccc1)(C(C)(C)C)C(C)(C)C. The van der Waals surface area contributed by atoms with Crippen molar-refractivity contribution in [2.24, 2.45) is 5.73 Å². The van der Waals surface area contributed by atoms with Gasteiger partial charge in [0.1, 0.15) is 0 Å². The second-order valence-corrected chi connectivity index (χ2v) is 22.8. The Morgan fingerprint density at radius 1 is 0.852 bits per heavy atom. The molecule has 1 unspecified atom stereocenters. The maximum atomic E-state index is 7.35. The molecule has 1 aromatic rings. The summed E-state index contributed by atoms with van der Waals surface area (Å²) in [6, 6.07) is 10.8. The molecule has 0 amide bonds. The van der Waals surface area contributed by atoms with Crippen LogP contribution < -0.4 is 5.73 Å². The zero-order valence-corrected chi connectivity index (χ0v) is 21.3. The molecule has 0 saturated heterocycles. The van der Waals surface area contributed by atoms with E-state index in [4.69, 9.17) is 5.73 Å². The molecule has 27 heavy (non-hydrogen) atoms. The predicted octanol–water partition coefficient (Wildman–Crippen LogP) is 6.83. The van der Waals surface area contributed by atoms with Crippen LogP contribution in [0.3, 0.4) is 0 Å². The minimum absolute atomic E-state index is 0.259. The standard InChI is InChI=1S/C12H12N.C12H27P.Pd/c13-12-9-5-4-8-11(12)10-6-2-1-3-7-10;1-10(2,3)13(11(4,5)6)12(7,8)9;/h1-8H,9,13H2;1-9H3;/q;;-1/p+1. The van der Waals surface area contributed by atoms with Crippen LogP contribution in [0, 0.1) is 0 Å². The van der Waals surface area contributed by atoms with E-state index in [-0.39, 0.29) is 19.5 Å². The molecule has 1 aliphatic carbocycles. The summed E-state index contributed by atoms with van der Waals surface area (Å²) in [5.41, 5.74) is 8.07. The van der Waals surface area contributed by atoms with E-state index in [1.165, 1.54) is 11.1 Å². The number of allylic oxidation sites excluding steroid dienone is 2. The topological polar surface area (TPSA) is 26.0 Å². The molecule has 0 fully saturated rings. The molecule has 2 N–H and O–H groups in total. The van der Waals surface area contributed by atoms with Crippen LogP contribution in [0.1, 0.15) is 74.3 Å². The van der Waals surface area contributed by atoms with Gasteiger partial charge in [-0.25, -0.2) is 0 Å². The van der Waals surface area contributed by atoms with E-state index in [1.54, 1.807) is 0 Å². The van der Waals surface area contributed by atoms with Crippen molar-refractivity contribution in [2.75, 3.05) is 0 Å². The van der Waals surface area contributed by atoms with E-state index in [0.717, 1.165) is 6.42 Å². The Hall–Kier alpha value is -0.248. The molecule has 0 bridgehead atoms. The van der Waals surface area contributed by atoms with Crippen LogP contribution in [-0.2, 0) is 17.5 Å². The molecule has 1 aliphatic rings. The quantitative estimate of drug-likeness (QED) is 0.373. The molecule has 1 atom stereocenters. The number of hydrogen-bond donors (Lipinski definition) is 1. The van der Waals surface area contributed by atoms with Crippen molar-refractivity contribution in [1.29, 1.82) is 0 Å². The van der Waals surface area contributed by atoms with Crippen LogP contribution in [0.25, 0.3) is 5.57 Å². The molecule has 0 heterocycles. The first-order chi connectivity index (χ1) is 12.2. The van der Waals surface area contributed by atoms with Crippen LogP contribution in [-0.4, -0.2) is 19.5 Å². The van der Waals surface area contributed by atoms with E-state index < -0.39 is 5.45 Å². The van der Waals surface area contributed by atoms with Crippen LogP contribution in [0.5, 0.6) is 0 Å². The van der Waals surface area contributed by atoms with Crippen LogP contribution >= 0.6 is 5.45 Å². The zero-order valence-electron chi connectivity index (χ0n) is 18.7. The van der Waals surface area contributed by atoms with E-state index in [2.05, 4.69) is 111 Å². The van der Waals surface area contributed by atoms with Crippen molar-refractivity contribution < 1.29 is 17.5 Å². The fourth-order valence-electron chi connectivity index (χ4n) is 5.60. The fraction of sp³-hybridized carbons (Fsp3) is 0.583. The van der Waals surface area contributed by atoms with Gasteiger partial charge < -0.3 is 0 Å². The Morgan fingerprint density at radius 2 is 1.33 bits per heavy atom. The minimum atomic E-state index is -1.88. The van der Waals surface area contributed by atoms with Gasteiger partial charge >= 0.3 is 177 Å². The van der Waals surface area contributed by atoms with Crippen molar-refractivity contribution in [3.63, 3.8) is 0 Å². The maximum absolute atomic E-state index is 7.35. The molecule has 0 radical (unpaired) electrons. The molecule has 0 aromatic heterocycles. The summed E-state index contributed by atoms with van der Waals surface area (Å²) < 4.78 is -0.259. The summed E-state index contributed by atoms with van der Waals surface area (Å²) in [5, 5.41) is 0.813. The normalized spacial score (nSPS) is 22.7. The second kappa shape index (κ2) is 7.54. The van der Waals surface area contributed by atoms with Gasteiger partial charge in [0.15, 0.2) is 0 Å². The Bertz CT molecular complexity index is 677. The van der Waals surface area contributed by atoms with Gasteiger partial charge in [-0.1, -0.05) is 0 Å². The van der Waals surface area contributed by atoms with Crippen molar-refractivity contribution >= 4 is 11.0 Å². The van der Waals surface area contributed by atoms with E-state index in [9.17, 15) is 0 Å². The summed E-state index contributed by atoms with van der Waals surface area (Å²) >= 11 is 0.476. The molecule has 3 heteroatoms. The number of nitrogens with two attached hydrogens (primary N) is 1. The number of rotatable bonds is 3. The van der Waals surface area contributed by atoms with Gasteiger partial charge in [0.25, 0.3) is 0 Å². The van der Waals surface area contributed by atoms with Gasteiger partial charge in [-0.2, -0.15) is 0 Å². The first-order valence-corrected chi connectivity index (χ1v) is 14.9. The van der Waals surface area contributed by atoms with E-state index in [1.807, 2.05) is 0 Å². The molecular formula is C24H40NPPd. The first kappa shape index (κ1) is 23.0. The molecule has 1 nitrogen and oxygen atoms in total. The Labute approximate surface area is 176 Å². The first-order valence-electron chi connectivity index (χ1n) is 9.98. The summed E-state index contributed by atoms with van der Waals surface area (Å²) in [6.07, 6.45) is 7.68. The van der Waals surface area contributed by atoms with Crippen LogP contribution in [0.15, 0.2) is 48.6 Å². The summed E-state index contributed by atoms with van der Waals surface area (Å²) in [4.78, 5) is 0. The molecule has 0 aliphatic heterocycles. The average Bonchev–Trinajstić information content (AvgIpc) is 2.50. The number of hydrogen-bond acceptors (Lipinski definition) is 1. The monoisotopic (exact) mass is 479 g/mol. The van der Waals surface area contributed by atoms with Crippen LogP contribution in [0.2, 0.25) is 0 Å². The molecule has 0 spiro atoms. The Kier molecular flexibility index (Phi) is 6.43. The molecule has 1 aromatic carbocycles. The number of benzene rings is 1. The van der Waals surface area contributed by atoms with Gasteiger partial charge in [0.2, 0.25) is 0 Å². The third kappa shape index (κ3) is 4.21. The Morgan fingerprint density at radius 3 is 1.78 bits per heavy atom. The van der Waals surface area contributed by atoms with Gasteiger partial charge in [-0.3, -0.25) is 0 Å². The van der Waals surface area contributed by atoms with Crippen molar-refractivity contribution in [3.8, 4) is 0 Å². The van der Waals surface area contributed by atoms with Gasteiger partial charge in [-0.15, -0.1) is 0 Å². The molecule has 156 valence electrons. The summed E-state index contributed by atoms with van der Waals surface area (Å²) in [6.45, 7) is 22.3. The third-order valence-corrected chi connectivity index (χ3v) is 27.0. The molecule has 0 saturated carbocycles. The van der Waals surface area contributed by atoms with Gasteiger partial charge in [-0.05, 0) is 0 Å². The van der Waals surface area contributed by atoms with E-state index >= 15 is 0 Å². The van der Waals surface area contributed by atoms with Crippen LogP contribution in [0.4, 0.5) is 0 Å². The zero-order chi connectivity index (χ0) is 20.7. The van der Waals surface area contributed by atoms with Crippen molar-refractivity contribution in [2.45, 2.75) is 88.2 Å². The summed E-state index contributed by atoms with van der Waals surface area (Å²) in [5.74, 6) is 0. The molecular weight excluding hydrogens is 440 g/mol. The van der Waals surface area contributed by atoms with Crippen molar-refractivity contribution in [3.05, 3.63) is 54.1 Å². The van der Waals surface area contributed by atoms with E-state index in [0.29, 0.717) is 17.5 Å². The Balaban J connectivity index is 2.66. The fourth-order valence-corrected chi connectivity index (χ4v) is 23.6. The van der Waals surface area contributed by atoms with Crippen molar-refractivity contribution in [1.82, 2.24) is 0 Å². The summed E-state index contributed by atoms with van der Waals surface area (Å²) in [7, 11) is 0. The van der Waals surface area contributed by atoms with Gasteiger partial charge in [0, 0.05) is 0 Å². The van der Waals surface area contributed by atoms with Gasteiger partial charge in [0.05, 0.1) is 0 Å². The molecule has 2 rings (SSSR count). The average molecular weight is 480 g/mol.